The number of hydrogen-bond acceptors (Lipinski definition) is 3. The summed E-state index contributed by atoms with van der Waals surface area (Å²) < 4.78 is 2.18. The van der Waals surface area contributed by atoms with Gasteiger partial charge in [0.05, 0.1) is 29.6 Å². The third-order valence-electron chi connectivity index (χ3n) is 5.46. The molecule has 1 aromatic heterocycles. The van der Waals surface area contributed by atoms with Crippen LogP contribution >= 0.6 is 11.6 Å². The summed E-state index contributed by atoms with van der Waals surface area (Å²) >= 11 is 6.20. The summed E-state index contributed by atoms with van der Waals surface area (Å²) in [6.45, 7) is 9.32. The first-order chi connectivity index (χ1) is 14.5. The highest BCUT2D eigenvalue weighted by molar-refractivity contribution is 6.33. The number of aromatic nitrogens is 2. The molecule has 2 N–H and O–H groups in total. The molecule has 3 rings (SSSR count). The maximum atomic E-state index is 12.3. The molecule has 2 unspecified atom stereocenters. The van der Waals surface area contributed by atoms with Crippen LogP contribution in [0.3, 0.4) is 0 Å². The molecule has 1 aromatic carbocycles. The normalized spacial score (nSPS) is 19.6. The number of anilines is 1. The number of halogens is 1. The third-order valence-corrected chi connectivity index (χ3v) is 5.77. The average Bonchev–Trinajstić information content (AvgIpc) is 3.24. The summed E-state index contributed by atoms with van der Waals surface area (Å²) in [5.74, 6) is 1.34. The van der Waals surface area contributed by atoms with E-state index in [1.165, 1.54) is 0 Å². The molecule has 1 amide bonds. The standard InChI is InChI=1S/C22H31ClN6O/c1-4-25-22(28-11-8-17(3)20(14-28)29-12-10-24-15-29)26-9-7-21(30)27-19-6-5-16(2)13-18(19)23/h5-6,10,12-13,15,17,20H,4,7-9,11,14H2,1-3H3,(H,25,26)(H,27,30). The average molecular weight is 431 g/mol. The van der Waals surface area contributed by atoms with E-state index in [4.69, 9.17) is 16.6 Å². The molecule has 0 saturated carbocycles. The molecule has 1 aliphatic rings. The topological polar surface area (TPSA) is 74.6 Å². The number of carbonyl (C=O) groups is 1. The predicted octanol–water partition coefficient (Wildman–Crippen LogP) is 3.72. The summed E-state index contributed by atoms with van der Waals surface area (Å²) in [5.41, 5.74) is 1.69. The Morgan fingerprint density at radius 3 is 2.93 bits per heavy atom. The first kappa shape index (κ1) is 22.2. The second-order valence-corrected chi connectivity index (χ2v) is 8.21. The summed E-state index contributed by atoms with van der Waals surface area (Å²) in [6, 6.07) is 5.95. The number of carbonyl (C=O) groups excluding carboxylic acids is 1. The number of likely N-dealkylation sites (tertiary alicyclic amines) is 1. The van der Waals surface area contributed by atoms with Gasteiger partial charge in [0.1, 0.15) is 0 Å². The smallest absolute Gasteiger partial charge is 0.226 e. The molecule has 2 atom stereocenters. The van der Waals surface area contributed by atoms with Gasteiger partial charge >= 0.3 is 0 Å². The van der Waals surface area contributed by atoms with Crippen molar-refractivity contribution >= 4 is 29.2 Å². The van der Waals surface area contributed by atoms with Crippen molar-refractivity contribution in [2.75, 3.05) is 31.5 Å². The molecule has 0 spiro atoms. The van der Waals surface area contributed by atoms with Gasteiger partial charge in [-0.1, -0.05) is 24.6 Å². The van der Waals surface area contributed by atoms with Crippen LogP contribution in [0.5, 0.6) is 0 Å². The molecular formula is C22H31ClN6O. The largest absolute Gasteiger partial charge is 0.357 e. The first-order valence-corrected chi connectivity index (χ1v) is 10.9. The van der Waals surface area contributed by atoms with Crippen molar-refractivity contribution in [2.45, 2.75) is 39.7 Å². The van der Waals surface area contributed by atoms with E-state index in [9.17, 15) is 4.79 Å². The summed E-state index contributed by atoms with van der Waals surface area (Å²) in [5, 5.41) is 6.79. The predicted molar refractivity (Wildman–Crippen MR) is 122 cm³/mol. The van der Waals surface area contributed by atoms with Crippen LogP contribution in [0.15, 0.2) is 41.9 Å². The van der Waals surface area contributed by atoms with E-state index in [-0.39, 0.29) is 5.91 Å². The molecular weight excluding hydrogens is 400 g/mol. The highest BCUT2D eigenvalue weighted by Gasteiger charge is 2.28. The SMILES string of the molecule is CCNC(=NCCC(=O)Nc1ccc(C)cc1Cl)N1CCC(C)C(n2ccnc2)C1. The minimum Gasteiger partial charge on any atom is -0.357 e. The maximum Gasteiger partial charge on any atom is 0.226 e. The van der Waals surface area contributed by atoms with Crippen LogP contribution in [-0.2, 0) is 4.79 Å². The monoisotopic (exact) mass is 430 g/mol. The van der Waals surface area contributed by atoms with E-state index in [1.807, 2.05) is 43.8 Å². The number of aliphatic imine (C=N–C) groups is 1. The van der Waals surface area contributed by atoms with Crippen molar-refractivity contribution in [3.63, 3.8) is 0 Å². The molecule has 0 bridgehead atoms. The molecule has 162 valence electrons. The fourth-order valence-electron chi connectivity index (χ4n) is 3.72. The number of hydrogen-bond donors (Lipinski definition) is 2. The number of amides is 1. The van der Waals surface area contributed by atoms with E-state index < -0.39 is 0 Å². The van der Waals surface area contributed by atoms with E-state index >= 15 is 0 Å². The number of piperidine rings is 1. The molecule has 0 radical (unpaired) electrons. The van der Waals surface area contributed by atoms with E-state index in [2.05, 4.69) is 38.9 Å². The highest BCUT2D eigenvalue weighted by Crippen LogP contribution is 2.27. The second-order valence-electron chi connectivity index (χ2n) is 7.81. The highest BCUT2D eigenvalue weighted by atomic mass is 35.5. The van der Waals surface area contributed by atoms with Crippen LogP contribution in [0.25, 0.3) is 0 Å². The van der Waals surface area contributed by atoms with Gasteiger partial charge in [-0.25, -0.2) is 4.98 Å². The van der Waals surface area contributed by atoms with E-state index in [0.717, 1.165) is 37.6 Å². The maximum absolute atomic E-state index is 12.3. The molecule has 2 heterocycles. The number of imidazole rings is 1. The Hall–Kier alpha value is -2.54. The van der Waals surface area contributed by atoms with Gasteiger partial charge in [0, 0.05) is 38.4 Å². The van der Waals surface area contributed by atoms with Crippen molar-refractivity contribution in [3.8, 4) is 0 Å². The van der Waals surface area contributed by atoms with Crippen molar-refractivity contribution in [2.24, 2.45) is 10.9 Å². The number of nitrogens with zero attached hydrogens (tertiary/aromatic N) is 4. The van der Waals surface area contributed by atoms with Gasteiger partial charge in [-0.05, 0) is 43.9 Å². The lowest BCUT2D eigenvalue weighted by Gasteiger charge is -2.39. The van der Waals surface area contributed by atoms with Crippen molar-refractivity contribution in [3.05, 3.63) is 47.5 Å². The van der Waals surface area contributed by atoms with Gasteiger partial charge in [-0.2, -0.15) is 0 Å². The molecule has 1 saturated heterocycles. The van der Waals surface area contributed by atoms with Crippen LogP contribution in [0.2, 0.25) is 5.02 Å². The fraction of sp³-hybridized carbons (Fsp3) is 0.500. The Labute approximate surface area is 183 Å². The Morgan fingerprint density at radius 2 is 2.23 bits per heavy atom. The Bertz CT molecular complexity index is 867. The van der Waals surface area contributed by atoms with Crippen LogP contribution in [-0.4, -0.2) is 52.5 Å². The summed E-state index contributed by atoms with van der Waals surface area (Å²) in [7, 11) is 0. The number of guanidine groups is 1. The lowest BCUT2D eigenvalue weighted by Crippen LogP contribution is -2.49. The number of benzene rings is 1. The number of aryl methyl sites for hydroxylation is 1. The molecule has 8 heteroatoms. The Kier molecular flexibility index (Phi) is 7.74. The van der Waals surface area contributed by atoms with Gasteiger partial charge in [-0.3, -0.25) is 9.79 Å². The van der Waals surface area contributed by atoms with Crippen molar-refractivity contribution < 1.29 is 4.79 Å². The Morgan fingerprint density at radius 1 is 1.40 bits per heavy atom. The van der Waals surface area contributed by atoms with Crippen molar-refractivity contribution in [1.82, 2.24) is 19.8 Å². The van der Waals surface area contributed by atoms with Gasteiger partial charge < -0.3 is 20.1 Å². The van der Waals surface area contributed by atoms with E-state index in [0.29, 0.717) is 35.6 Å². The number of nitrogens with one attached hydrogen (secondary N) is 2. The molecule has 1 fully saturated rings. The first-order valence-electron chi connectivity index (χ1n) is 10.5. The number of rotatable bonds is 6. The molecule has 30 heavy (non-hydrogen) atoms. The summed E-state index contributed by atoms with van der Waals surface area (Å²) in [6.07, 6.45) is 7.11. The van der Waals surface area contributed by atoms with Gasteiger partial charge in [0.2, 0.25) is 5.91 Å². The van der Waals surface area contributed by atoms with Crippen LogP contribution in [0.1, 0.15) is 38.3 Å². The quantitative estimate of drug-likeness (QED) is 0.541. The second kappa shape index (κ2) is 10.5. The lowest BCUT2D eigenvalue weighted by atomic mass is 9.93. The Balaban J connectivity index is 1.59. The zero-order valence-corrected chi connectivity index (χ0v) is 18.7. The van der Waals surface area contributed by atoms with Gasteiger partial charge in [0.15, 0.2) is 5.96 Å². The van der Waals surface area contributed by atoms with Gasteiger partial charge in [0.25, 0.3) is 0 Å². The molecule has 2 aromatic rings. The summed E-state index contributed by atoms with van der Waals surface area (Å²) in [4.78, 5) is 23.5. The fourth-order valence-corrected chi connectivity index (χ4v) is 4.00. The van der Waals surface area contributed by atoms with Crippen LogP contribution in [0, 0.1) is 12.8 Å². The van der Waals surface area contributed by atoms with Crippen LogP contribution in [0.4, 0.5) is 5.69 Å². The van der Waals surface area contributed by atoms with E-state index in [1.54, 1.807) is 0 Å². The van der Waals surface area contributed by atoms with Gasteiger partial charge in [-0.15, -0.1) is 0 Å². The minimum absolute atomic E-state index is 0.0936. The lowest BCUT2D eigenvalue weighted by molar-refractivity contribution is -0.116. The minimum atomic E-state index is -0.0936. The zero-order valence-electron chi connectivity index (χ0n) is 17.9. The van der Waals surface area contributed by atoms with Crippen LogP contribution < -0.4 is 10.6 Å². The molecule has 7 nitrogen and oxygen atoms in total. The third kappa shape index (κ3) is 5.75. The zero-order chi connectivity index (χ0) is 21.5. The van der Waals surface area contributed by atoms with Crippen molar-refractivity contribution in [1.29, 1.82) is 0 Å². The molecule has 0 aliphatic carbocycles. The molecule has 1 aliphatic heterocycles.